The molecule has 0 aromatic heterocycles. The molecule has 0 unspecified atom stereocenters. The molecule has 0 N–H and O–H groups in total. The predicted molar refractivity (Wildman–Crippen MR) is 91.0 cm³/mol. The summed E-state index contributed by atoms with van der Waals surface area (Å²) in [5, 5.41) is 0. The molecule has 2 aromatic carbocycles. The molecule has 0 radical (unpaired) electrons. The van der Waals surface area contributed by atoms with E-state index in [1.807, 2.05) is 25.2 Å². The second kappa shape index (κ2) is 6.06. The third-order valence-corrected chi connectivity index (χ3v) is 5.22. The van der Waals surface area contributed by atoms with Crippen molar-refractivity contribution in [2.45, 2.75) is 31.2 Å². The van der Waals surface area contributed by atoms with E-state index in [-0.39, 0.29) is 18.5 Å². The van der Waals surface area contributed by atoms with Gasteiger partial charge in [-0.3, -0.25) is 4.79 Å². The molecular formula is C20H20FNO3. The van der Waals surface area contributed by atoms with Gasteiger partial charge < -0.3 is 14.4 Å². The van der Waals surface area contributed by atoms with Crippen LogP contribution >= 0.6 is 0 Å². The van der Waals surface area contributed by atoms with E-state index in [0.717, 1.165) is 41.9 Å². The number of benzene rings is 2. The van der Waals surface area contributed by atoms with E-state index in [9.17, 15) is 9.18 Å². The third-order valence-electron chi connectivity index (χ3n) is 5.22. The van der Waals surface area contributed by atoms with Crippen LogP contribution in [-0.2, 0) is 16.8 Å². The molecule has 4 nitrogen and oxygen atoms in total. The summed E-state index contributed by atoms with van der Waals surface area (Å²) in [6, 6.07) is 12.1. The molecule has 0 bridgehead atoms. The first-order valence-corrected chi connectivity index (χ1v) is 8.49. The second-order valence-electron chi connectivity index (χ2n) is 6.79. The molecule has 2 aliphatic rings. The van der Waals surface area contributed by atoms with Crippen LogP contribution in [0.4, 0.5) is 4.39 Å². The average Bonchev–Trinajstić information content (AvgIpc) is 3.03. The van der Waals surface area contributed by atoms with Crippen molar-refractivity contribution in [2.24, 2.45) is 0 Å². The van der Waals surface area contributed by atoms with Crippen LogP contribution in [0, 0.1) is 5.82 Å². The SMILES string of the molecule is CN(Cc1ccc2c(c1)OCO2)C(=O)C1(c2ccc(F)cc2)CCC1. The number of hydrogen-bond donors (Lipinski definition) is 0. The Morgan fingerprint density at radius 2 is 1.84 bits per heavy atom. The van der Waals surface area contributed by atoms with Crippen molar-refractivity contribution in [1.82, 2.24) is 4.90 Å². The number of rotatable bonds is 4. The zero-order valence-electron chi connectivity index (χ0n) is 14.1. The van der Waals surface area contributed by atoms with Crippen LogP contribution in [0.5, 0.6) is 11.5 Å². The van der Waals surface area contributed by atoms with Gasteiger partial charge in [0.1, 0.15) is 5.82 Å². The minimum atomic E-state index is -0.515. The molecule has 0 spiro atoms. The van der Waals surface area contributed by atoms with Crippen LogP contribution in [0.25, 0.3) is 0 Å². The van der Waals surface area contributed by atoms with Crippen molar-refractivity contribution in [3.63, 3.8) is 0 Å². The fourth-order valence-corrected chi connectivity index (χ4v) is 3.68. The van der Waals surface area contributed by atoms with Crippen LogP contribution in [0.15, 0.2) is 42.5 Å². The van der Waals surface area contributed by atoms with Gasteiger partial charge in [0.15, 0.2) is 11.5 Å². The highest BCUT2D eigenvalue weighted by Crippen LogP contribution is 2.45. The van der Waals surface area contributed by atoms with E-state index in [4.69, 9.17) is 9.47 Å². The Morgan fingerprint density at radius 3 is 2.52 bits per heavy atom. The first kappa shape index (κ1) is 15.9. The summed E-state index contributed by atoms with van der Waals surface area (Å²) in [6.45, 7) is 0.736. The third kappa shape index (κ3) is 2.73. The van der Waals surface area contributed by atoms with Gasteiger partial charge >= 0.3 is 0 Å². The van der Waals surface area contributed by atoms with E-state index in [1.165, 1.54) is 12.1 Å². The molecule has 1 aliphatic carbocycles. The van der Waals surface area contributed by atoms with E-state index in [1.54, 1.807) is 17.0 Å². The Morgan fingerprint density at radius 1 is 1.12 bits per heavy atom. The highest BCUT2D eigenvalue weighted by Gasteiger charge is 2.46. The van der Waals surface area contributed by atoms with Crippen molar-refractivity contribution < 1.29 is 18.7 Å². The summed E-state index contributed by atoms with van der Waals surface area (Å²) < 4.78 is 24.0. The Balaban J connectivity index is 1.53. The fraction of sp³-hybridized carbons (Fsp3) is 0.350. The van der Waals surface area contributed by atoms with Crippen LogP contribution in [-0.4, -0.2) is 24.6 Å². The molecule has 4 rings (SSSR count). The second-order valence-corrected chi connectivity index (χ2v) is 6.79. The molecule has 1 aliphatic heterocycles. The number of carbonyl (C=O) groups excluding carboxylic acids is 1. The number of carbonyl (C=O) groups is 1. The van der Waals surface area contributed by atoms with Gasteiger partial charge in [0, 0.05) is 13.6 Å². The van der Waals surface area contributed by atoms with Crippen LogP contribution in [0.2, 0.25) is 0 Å². The molecule has 25 heavy (non-hydrogen) atoms. The first-order valence-electron chi connectivity index (χ1n) is 8.49. The largest absolute Gasteiger partial charge is 0.454 e. The lowest BCUT2D eigenvalue weighted by Gasteiger charge is -2.43. The number of nitrogens with zero attached hydrogens (tertiary/aromatic N) is 1. The Labute approximate surface area is 146 Å². The summed E-state index contributed by atoms with van der Waals surface area (Å²) in [4.78, 5) is 14.9. The highest BCUT2D eigenvalue weighted by molar-refractivity contribution is 5.89. The standard InChI is InChI=1S/C20H20FNO3/c1-22(12-14-3-8-17-18(11-14)25-13-24-17)19(23)20(9-2-10-20)15-4-6-16(21)7-5-15/h3-8,11H,2,9-10,12-13H2,1H3. The van der Waals surface area contributed by atoms with Gasteiger partial charge in [0.2, 0.25) is 12.7 Å². The highest BCUT2D eigenvalue weighted by atomic mass is 19.1. The van der Waals surface area contributed by atoms with E-state index < -0.39 is 5.41 Å². The zero-order valence-corrected chi connectivity index (χ0v) is 14.1. The van der Waals surface area contributed by atoms with Gasteiger partial charge in [0.25, 0.3) is 0 Å². The van der Waals surface area contributed by atoms with Gasteiger partial charge in [-0.05, 0) is 48.2 Å². The number of likely N-dealkylation sites (N-methyl/N-ethyl adjacent to an activating group) is 1. The van der Waals surface area contributed by atoms with E-state index >= 15 is 0 Å². The predicted octanol–water partition coefficient (Wildman–Crippen LogP) is 3.63. The summed E-state index contributed by atoms with van der Waals surface area (Å²) in [7, 11) is 1.82. The number of hydrogen-bond acceptors (Lipinski definition) is 3. The van der Waals surface area contributed by atoms with Gasteiger partial charge in [-0.25, -0.2) is 4.39 Å². The summed E-state index contributed by atoms with van der Waals surface area (Å²) in [6.07, 6.45) is 2.63. The summed E-state index contributed by atoms with van der Waals surface area (Å²) >= 11 is 0. The fourth-order valence-electron chi connectivity index (χ4n) is 3.68. The monoisotopic (exact) mass is 341 g/mol. The molecule has 1 amide bonds. The van der Waals surface area contributed by atoms with Gasteiger partial charge in [0.05, 0.1) is 5.41 Å². The van der Waals surface area contributed by atoms with Crippen LogP contribution in [0.1, 0.15) is 30.4 Å². The molecule has 130 valence electrons. The zero-order chi connectivity index (χ0) is 17.4. The van der Waals surface area contributed by atoms with Crippen LogP contribution < -0.4 is 9.47 Å². The molecule has 2 aromatic rings. The topological polar surface area (TPSA) is 38.8 Å². The van der Waals surface area contributed by atoms with Gasteiger partial charge in [-0.15, -0.1) is 0 Å². The smallest absolute Gasteiger partial charge is 0.233 e. The maximum Gasteiger partial charge on any atom is 0.233 e. The van der Waals surface area contributed by atoms with Gasteiger partial charge in [-0.1, -0.05) is 24.6 Å². The van der Waals surface area contributed by atoms with Gasteiger partial charge in [-0.2, -0.15) is 0 Å². The summed E-state index contributed by atoms with van der Waals surface area (Å²) in [5.74, 6) is 1.26. The average molecular weight is 341 g/mol. The summed E-state index contributed by atoms with van der Waals surface area (Å²) in [5.41, 5.74) is 1.38. The minimum absolute atomic E-state index is 0.0861. The molecule has 0 atom stereocenters. The van der Waals surface area contributed by atoms with E-state index in [0.29, 0.717) is 6.54 Å². The molecule has 1 fully saturated rings. The normalized spacial score (nSPS) is 17.0. The molecule has 0 saturated heterocycles. The maximum absolute atomic E-state index is 13.2. The Hall–Kier alpha value is -2.56. The minimum Gasteiger partial charge on any atom is -0.454 e. The van der Waals surface area contributed by atoms with E-state index in [2.05, 4.69) is 0 Å². The van der Waals surface area contributed by atoms with Crippen molar-refractivity contribution in [2.75, 3.05) is 13.8 Å². The number of amides is 1. The first-order chi connectivity index (χ1) is 12.1. The Kier molecular flexibility index (Phi) is 3.86. The molecular weight excluding hydrogens is 321 g/mol. The van der Waals surface area contributed by atoms with Crippen molar-refractivity contribution in [3.05, 3.63) is 59.4 Å². The van der Waals surface area contributed by atoms with Crippen LogP contribution in [0.3, 0.4) is 0 Å². The number of halogens is 1. The maximum atomic E-state index is 13.2. The lowest BCUT2D eigenvalue weighted by molar-refractivity contribution is -0.140. The lowest BCUT2D eigenvalue weighted by atomic mass is 9.63. The van der Waals surface area contributed by atoms with Crippen molar-refractivity contribution in [1.29, 1.82) is 0 Å². The Bertz CT molecular complexity index is 799. The molecule has 5 heteroatoms. The number of ether oxygens (including phenoxy) is 2. The number of fused-ring (bicyclic) bond motifs is 1. The molecule has 1 heterocycles. The lowest BCUT2D eigenvalue weighted by Crippen LogP contribution is -2.49. The van der Waals surface area contributed by atoms with Crippen molar-refractivity contribution in [3.8, 4) is 11.5 Å². The molecule has 1 saturated carbocycles. The quantitative estimate of drug-likeness (QED) is 0.852. The van der Waals surface area contributed by atoms with Crippen molar-refractivity contribution >= 4 is 5.91 Å².